The smallest absolute Gasteiger partial charge is 0.157 e. The highest BCUT2D eigenvalue weighted by Gasteiger charge is 2.12. The van der Waals surface area contributed by atoms with Crippen LogP contribution in [0.1, 0.15) is 19.3 Å². The second-order valence-corrected chi connectivity index (χ2v) is 2.78. The van der Waals surface area contributed by atoms with E-state index in [1.165, 1.54) is 6.42 Å². The molecule has 1 fully saturated rings. The first-order valence-electron chi connectivity index (χ1n) is 4.42. The van der Waals surface area contributed by atoms with E-state index in [1.54, 1.807) is 12.2 Å². The molecule has 1 unspecified atom stereocenters. The summed E-state index contributed by atoms with van der Waals surface area (Å²) < 4.78 is 10.7. The molecule has 0 aromatic rings. The van der Waals surface area contributed by atoms with Crippen molar-refractivity contribution < 1.29 is 14.6 Å². The molecule has 1 N–H and O–H groups in total. The van der Waals surface area contributed by atoms with E-state index in [0.717, 1.165) is 19.4 Å². The van der Waals surface area contributed by atoms with Gasteiger partial charge in [-0.05, 0) is 19.3 Å². The van der Waals surface area contributed by atoms with Crippen molar-refractivity contribution >= 4 is 0 Å². The molecule has 12 heavy (non-hydrogen) atoms. The van der Waals surface area contributed by atoms with E-state index < -0.39 is 0 Å². The molecule has 3 nitrogen and oxygen atoms in total. The van der Waals surface area contributed by atoms with Gasteiger partial charge in [-0.15, -0.1) is 0 Å². The van der Waals surface area contributed by atoms with E-state index >= 15 is 0 Å². The van der Waals surface area contributed by atoms with Gasteiger partial charge >= 0.3 is 0 Å². The van der Waals surface area contributed by atoms with Gasteiger partial charge in [0.1, 0.15) is 0 Å². The Kier molecular flexibility index (Phi) is 4.99. The molecule has 1 saturated heterocycles. The highest BCUT2D eigenvalue weighted by Crippen LogP contribution is 2.13. The minimum Gasteiger partial charge on any atom is -0.392 e. The maximum Gasteiger partial charge on any atom is 0.157 e. The summed E-state index contributed by atoms with van der Waals surface area (Å²) >= 11 is 0. The molecule has 70 valence electrons. The van der Waals surface area contributed by atoms with Gasteiger partial charge in [0.2, 0.25) is 0 Å². The molecule has 1 heterocycles. The Morgan fingerprint density at radius 3 is 3.00 bits per heavy atom. The van der Waals surface area contributed by atoms with Crippen molar-refractivity contribution in [3.63, 3.8) is 0 Å². The summed E-state index contributed by atoms with van der Waals surface area (Å²) in [6, 6.07) is 0. The zero-order chi connectivity index (χ0) is 8.65. The molecule has 0 spiro atoms. The van der Waals surface area contributed by atoms with E-state index in [0.29, 0.717) is 6.61 Å². The van der Waals surface area contributed by atoms with Gasteiger partial charge < -0.3 is 14.6 Å². The van der Waals surface area contributed by atoms with Gasteiger partial charge in [0.15, 0.2) is 6.29 Å². The van der Waals surface area contributed by atoms with Crippen molar-refractivity contribution in [2.24, 2.45) is 0 Å². The Labute approximate surface area is 73.0 Å². The third kappa shape index (κ3) is 3.85. The fraction of sp³-hybridized carbons (Fsp3) is 0.778. The molecule has 1 aliphatic rings. The van der Waals surface area contributed by atoms with Crippen molar-refractivity contribution in [1.29, 1.82) is 0 Å². The molecule has 0 bridgehead atoms. The first-order valence-corrected chi connectivity index (χ1v) is 4.42. The Morgan fingerprint density at radius 1 is 1.42 bits per heavy atom. The van der Waals surface area contributed by atoms with Crippen LogP contribution < -0.4 is 0 Å². The second-order valence-electron chi connectivity index (χ2n) is 2.78. The van der Waals surface area contributed by atoms with Gasteiger partial charge in [-0.25, -0.2) is 0 Å². The molecule has 0 amide bonds. The maximum absolute atomic E-state index is 8.43. The Morgan fingerprint density at radius 2 is 2.33 bits per heavy atom. The lowest BCUT2D eigenvalue weighted by Gasteiger charge is -2.21. The third-order valence-corrected chi connectivity index (χ3v) is 1.79. The summed E-state index contributed by atoms with van der Waals surface area (Å²) in [6.45, 7) is 1.43. The van der Waals surface area contributed by atoms with Gasteiger partial charge in [-0.1, -0.05) is 12.2 Å². The summed E-state index contributed by atoms with van der Waals surface area (Å²) in [5, 5.41) is 8.43. The fourth-order valence-corrected chi connectivity index (χ4v) is 1.15. The predicted octanol–water partition coefficient (Wildman–Crippen LogP) is 1.08. The number of ether oxygens (including phenoxy) is 2. The molecule has 0 aliphatic carbocycles. The molecular weight excluding hydrogens is 156 g/mol. The minimum atomic E-state index is -0.0258. The molecular formula is C9H16O3. The number of hydrogen-bond donors (Lipinski definition) is 1. The fourth-order valence-electron chi connectivity index (χ4n) is 1.15. The molecule has 0 aromatic carbocycles. The van der Waals surface area contributed by atoms with Crippen LogP contribution in [0.25, 0.3) is 0 Å². The van der Waals surface area contributed by atoms with Crippen LogP contribution in [0.2, 0.25) is 0 Å². The van der Waals surface area contributed by atoms with Gasteiger partial charge in [-0.3, -0.25) is 0 Å². The zero-order valence-corrected chi connectivity index (χ0v) is 7.24. The number of aliphatic hydroxyl groups excluding tert-OH is 1. The lowest BCUT2D eigenvalue weighted by Crippen LogP contribution is -2.22. The summed E-state index contributed by atoms with van der Waals surface area (Å²) in [6.07, 6.45) is 6.77. The van der Waals surface area contributed by atoms with Crippen LogP contribution in [0.4, 0.5) is 0 Å². The van der Waals surface area contributed by atoms with Gasteiger partial charge in [0, 0.05) is 6.61 Å². The monoisotopic (exact) mass is 172 g/mol. The van der Waals surface area contributed by atoms with Crippen molar-refractivity contribution in [2.75, 3.05) is 19.8 Å². The third-order valence-electron chi connectivity index (χ3n) is 1.79. The summed E-state index contributed by atoms with van der Waals surface area (Å²) in [4.78, 5) is 0. The Balaban J connectivity index is 2.01. The average molecular weight is 172 g/mol. The Bertz CT molecular complexity index is 128. The van der Waals surface area contributed by atoms with Crippen LogP contribution in [-0.2, 0) is 9.47 Å². The van der Waals surface area contributed by atoms with E-state index in [1.807, 2.05) is 0 Å². The lowest BCUT2D eigenvalue weighted by atomic mass is 10.2. The van der Waals surface area contributed by atoms with Crippen LogP contribution >= 0.6 is 0 Å². The zero-order valence-electron chi connectivity index (χ0n) is 7.24. The van der Waals surface area contributed by atoms with Crippen molar-refractivity contribution in [3.05, 3.63) is 12.2 Å². The van der Waals surface area contributed by atoms with Crippen LogP contribution in [0, 0.1) is 0 Å². The second kappa shape index (κ2) is 6.17. The number of hydrogen-bond acceptors (Lipinski definition) is 3. The van der Waals surface area contributed by atoms with Crippen LogP contribution in [0.3, 0.4) is 0 Å². The topological polar surface area (TPSA) is 38.7 Å². The summed E-state index contributed by atoms with van der Waals surface area (Å²) in [7, 11) is 0. The molecule has 1 aliphatic heterocycles. The standard InChI is InChI=1S/C9H16O3/c10-6-2-4-8-12-9-5-1-3-7-11-9/h2,4,9-10H,1,3,5-8H2/b4-2+. The molecule has 0 aromatic heterocycles. The van der Waals surface area contributed by atoms with Gasteiger partial charge in [0.25, 0.3) is 0 Å². The predicted molar refractivity (Wildman–Crippen MR) is 45.8 cm³/mol. The van der Waals surface area contributed by atoms with E-state index in [-0.39, 0.29) is 12.9 Å². The first kappa shape index (κ1) is 9.71. The first-order chi connectivity index (χ1) is 5.93. The molecule has 0 radical (unpaired) electrons. The van der Waals surface area contributed by atoms with Crippen LogP contribution in [-0.4, -0.2) is 31.2 Å². The number of aliphatic hydroxyl groups is 1. The lowest BCUT2D eigenvalue weighted by molar-refractivity contribution is -0.155. The van der Waals surface area contributed by atoms with Crippen molar-refractivity contribution in [1.82, 2.24) is 0 Å². The quantitative estimate of drug-likeness (QED) is 0.645. The summed E-state index contributed by atoms with van der Waals surface area (Å²) in [5.41, 5.74) is 0. The average Bonchev–Trinajstić information content (AvgIpc) is 2.14. The van der Waals surface area contributed by atoms with E-state index in [9.17, 15) is 0 Å². The summed E-state index contributed by atoms with van der Waals surface area (Å²) in [5.74, 6) is 0. The van der Waals surface area contributed by atoms with Gasteiger partial charge in [-0.2, -0.15) is 0 Å². The molecule has 3 heteroatoms. The van der Waals surface area contributed by atoms with E-state index in [2.05, 4.69) is 0 Å². The SMILES string of the molecule is OC/C=C/COC1CCCCO1. The molecule has 0 saturated carbocycles. The minimum absolute atomic E-state index is 0.0258. The highest BCUT2D eigenvalue weighted by atomic mass is 16.7. The normalized spacial score (nSPS) is 24.9. The van der Waals surface area contributed by atoms with Crippen LogP contribution in [0.5, 0.6) is 0 Å². The van der Waals surface area contributed by atoms with Crippen molar-refractivity contribution in [3.8, 4) is 0 Å². The maximum atomic E-state index is 8.43. The van der Waals surface area contributed by atoms with E-state index in [4.69, 9.17) is 14.6 Å². The molecule has 1 rings (SSSR count). The highest BCUT2D eigenvalue weighted by molar-refractivity contribution is 4.80. The molecule has 1 atom stereocenters. The Hall–Kier alpha value is -0.380. The largest absolute Gasteiger partial charge is 0.392 e. The van der Waals surface area contributed by atoms with Gasteiger partial charge in [0.05, 0.1) is 13.2 Å². The van der Waals surface area contributed by atoms with Crippen molar-refractivity contribution in [2.45, 2.75) is 25.6 Å². The van der Waals surface area contributed by atoms with Crippen LogP contribution in [0.15, 0.2) is 12.2 Å². The number of rotatable bonds is 4.